The molecule has 2 aromatic rings. The number of carbonyl (C=O) groups is 3. The van der Waals surface area contributed by atoms with Gasteiger partial charge in [-0.3, -0.25) is 0 Å². The molecule has 14 heteroatoms. The lowest BCUT2D eigenvalue weighted by Crippen LogP contribution is -2.34. The molecule has 3 rings (SSSR count). The number of hydrogen-bond acceptors (Lipinski definition) is 11. The van der Waals surface area contributed by atoms with E-state index < -0.39 is 23.8 Å². The topological polar surface area (TPSA) is 144 Å². The highest BCUT2D eigenvalue weighted by Gasteiger charge is 2.40. The van der Waals surface area contributed by atoms with E-state index >= 15 is 0 Å². The second-order valence-electron chi connectivity index (χ2n) is 7.65. The zero-order valence-electron chi connectivity index (χ0n) is 20.5. The number of hydrogen-bond donors (Lipinski definition) is 1. The summed E-state index contributed by atoms with van der Waals surface area (Å²) in [5.41, 5.74) is 1.47. The number of aromatic nitrogens is 4. The van der Waals surface area contributed by atoms with E-state index in [1.54, 1.807) is 32.0 Å². The Morgan fingerprint density at radius 2 is 1.84 bits per heavy atom. The summed E-state index contributed by atoms with van der Waals surface area (Å²) in [6.45, 7) is 3.02. The van der Waals surface area contributed by atoms with Crippen LogP contribution < -0.4 is 5.32 Å². The maximum Gasteiger partial charge on any atom is 0.336 e. The third kappa shape index (κ3) is 6.45. The summed E-state index contributed by atoms with van der Waals surface area (Å²) in [7, 11) is 2.49. The van der Waals surface area contributed by atoms with Gasteiger partial charge < -0.3 is 24.3 Å². The standard InChI is InChI=1S/C23H25Cl2N5O7/c1-5-37-23(33)20-15(10-36-11-16-27-29-30(28-16)9-17(31)34-3)26-12(2)18(22(32)35-4)19(20)13-7-6-8-14(24)21(13)25/h6-8,19,26H,5,9-11H2,1-4H3. The van der Waals surface area contributed by atoms with Crippen LogP contribution >= 0.6 is 23.2 Å². The van der Waals surface area contributed by atoms with Gasteiger partial charge in [0.25, 0.3) is 0 Å². The predicted molar refractivity (Wildman–Crippen MR) is 130 cm³/mol. The molecule has 0 saturated carbocycles. The van der Waals surface area contributed by atoms with Crippen molar-refractivity contribution < 1.29 is 33.3 Å². The van der Waals surface area contributed by atoms with Crippen molar-refractivity contribution in [3.8, 4) is 0 Å². The fourth-order valence-electron chi connectivity index (χ4n) is 3.72. The minimum Gasteiger partial charge on any atom is -0.468 e. The summed E-state index contributed by atoms with van der Waals surface area (Å²) < 4.78 is 20.6. The van der Waals surface area contributed by atoms with E-state index in [0.717, 1.165) is 4.80 Å². The van der Waals surface area contributed by atoms with Crippen LogP contribution in [0.3, 0.4) is 0 Å². The lowest BCUT2D eigenvalue weighted by molar-refractivity contribution is -0.142. The largest absolute Gasteiger partial charge is 0.468 e. The SMILES string of the molecule is CCOC(=O)C1=C(COCc2nnn(CC(=O)OC)n2)NC(C)=C(C(=O)OC)C1c1cccc(Cl)c1Cl. The number of benzene rings is 1. The molecule has 0 radical (unpaired) electrons. The molecule has 0 amide bonds. The molecule has 2 heterocycles. The number of rotatable bonds is 10. The number of esters is 3. The average molecular weight is 554 g/mol. The Morgan fingerprint density at radius 3 is 2.51 bits per heavy atom. The molecule has 1 aromatic heterocycles. The van der Waals surface area contributed by atoms with E-state index in [-0.39, 0.29) is 53.4 Å². The number of allylic oxidation sites excluding steroid dienone is 1. The van der Waals surface area contributed by atoms with Crippen LogP contribution in [0.2, 0.25) is 10.0 Å². The van der Waals surface area contributed by atoms with Crippen molar-refractivity contribution in [3.05, 3.63) is 62.2 Å². The number of nitrogens with zero attached hydrogens (tertiary/aromatic N) is 4. The summed E-state index contributed by atoms with van der Waals surface area (Å²) >= 11 is 12.8. The fraction of sp³-hybridized carbons (Fsp3) is 0.391. The summed E-state index contributed by atoms with van der Waals surface area (Å²) in [5.74, 6) is -2.61. The molecule has 0 saturated heterocycles. The molecular formula is C23H25Cl2N5O7. The van der Waals surface area contributed by atoms with Crippen molar-refractivity contribution in [2.24, 2.45) is 0 Å². The van der Waals surface area contributed by atoms with E-state index in [9.17, 15) is 14.4 Å². The van der Waals surface area contributed by atoms with Crippen molar-refractivity contribution in [1.82, 2.24) is 25.5 Å². The molecule has 12 nitrogen and oxygen atoms in total. The minimum atomic E-state index is -0.948. The third-order valence-corrected chi connectivity index (χ3v) is 6.14. The third-order valence-electron chi connectivity index (χ3n) is 5.31. The second kappa shape index (κ2) is 12.7. The molecule has 198 valence electrons. The normalized spacial score (nSPS) is 15.4. The number of halogens is 2. The van der Waals surface area contributed by atoms with Gasteiger partial charge in [-0.2, -0.15) is 4.80 Å². The first-order valence-corrected chi connectivity index (χ1v) is 11.8. The van der Waals surface area contributed by atoms with Crippen molar-refractivity contribution in [2.45, 2.75) is 32.9 Å². The maximum absolute atomic E-state index is 13.2. The number of ether oxygens (including phenoxy) is 4. The molecule has 1 unspecified atom stereocenters. The van der Waals surface area contributed by atoms with Crippen molar-refractivity contribution in [3.63, 3.8) is 0 Å². The van der Waals surface area contributed by atoms with E-state index in [2.05, 4.69) is 25.5 Å². The quantitative estimate of drug-likeness (QED) is 0.341. The first kappa shape index (κ1) is 28.1. The van der Waals surface area contributed by atoms with Gasteiger partial charge in [0.1, 0.15) is 6.61 Å². The van der Waals surface area contributed by atoms with Gasteiger partial charge in [0.05, 0.1) is 60.2 Å². The Hall–Kier alpha value is -3.48. The summed E-state index contributed by atoms with van der Waals surface area (Å²) in [6, 6.07) is 4.93. The van der Waals surface area contributed by atoms with Gasteiger partial charge in [-0.15, -0.1) is 10.2 Å². The van der Waals surface area contributed by atoms with Gasteiger partial charge >= 0.3 is 17.9 Å². The Bertz CT molecular complexity index is 1260. The van der Waals surface area contributed by atoms with Crippen LogP contribution in [0, 0.1) is 0 Å². The van der Waals surface area contributed by atoms with Crippen LogP contribution in [-0.4, -0.2) is 65.5 Å². The number of carbonyl (C=O) groups excluding carboxylic acids is 3. The van der Waals surface area contributed by atoms with Gasteiger partial charge in [-0.1, -0.05) is 35.3 Å². The molecule has 37 heavy (non-hydrogen) atoms. The zero-order valence-corrected chi connectivity index (χ0v) is 22.1. The van der Waals surface area contributed by atoms with Gasteiger partial charge in [0.2, 0.25) is 0 Å². The number of nitrogens with one attached hydrogen (secondary N) is 1. The maximum atomic E-state index is 13.2. The van der Waals surface area contributed by atoms with Gasteiger partial charge in [-0.25, -0.2) is 14.4 Å². The molecule has 1 aliphatic rings. The molecule has 0 bridgehead atoms. The molecule has 0 fully saturated rings. The van der Waals surface area contributed by atoms with Gasteiger partial charge in [0.15, 0.2) is 12.4 Å². The van der Waals surface area contributed by atoms with Gasteiger partial charge in [-0.05, 0) is 30.7 Å². The number of dihydropyridines is 1. The molecule has 1 N–H and O–H groups in total. The molecule has 1 aromatic carbocycles. The van der Waals surface area contributed by atoms with E-state index in [0.29, 0.717) is 17.0 Å². The predicted octanol–water partition coefficient (Wildman–Crippen LogP) is 2.32. The van der Waals surface area contributed by atoms with Crippen molar-refractivity contribution >= 4 is 41.1 Å². The minimum absolute atomic E-state index is 0.0856. The van der Waals surface area contributed by atoms with Crippen LogP contribution in [0.4, 0.5) is 0 Å². The first-order chi connectivity index (χ1) is 17.7. The highest BCUT2D eigenvalue weighted by Crippen LogP contribution is 2.43. The molecule has 1 atom stereocenters. The van der Waals surface area contributed by atoms with Crippen molar-refractivity contribution in [2.75, 3.05) is 27.4 Å². The monoisotopic (exact) mass is 553 g/mol. The lowest BCUT2D eigenvalue weighted by Gasteiger charge is -2.31. The van der Waals surface area contributed by atoms with E-state index in [1.165, 1.54) is 14.2 Å². The summed E-state index contributed by atoms with van der Waals surface area (Å²) in [6.07, 6.45) is 0. The van der Waals surface area contributed by atoms with Crippen molar-refractivity contribution in [1.29, 1.82) is 0 Å². The lowest BCUT2D eigenvalue weighted by atomic mass is 9.80. The number of tetrazole rings is 1. The average Bonchev–Trinajstić information content (AvgIpc) is 3.31. The van der Waals surface area contributed by atoms with Gasteiger partial charge in [0, 0.05) is 5.70 Å². The molecule has 1 aliphatic heterocycles. The molecule has 0 spiro atoms. The second-order valence-corrected chi connectivity index (χ2v) is 8.43. The van der Waals surface area contributed by atoms with Crippen LogP contribution in [0.25, 0.3) is 0 Å². The summed E-state index contributed by atoms with van der Waals surface area (Å²) in [4.78, 5) is 38.5. The Kier molecular flexibility index (Phi) is 9.61. The van der Waals surface area contributed by atoms with Crippen LogP contribution in [0.5, 0.6) is 0 Å². The fourth-order valence-corrected chi connectivity index (χ4v) is 4.14. The Morgan fingerprint density at radius 1 is 1.08 bits per heavy atom. The highest BCUT2D eigenvalue weighted by atomic mass is 35.5. The van der Waals surface area contributed by atoms with E-state index in [1.807, 2.05) is 0 Å². The Labute approximate surface area is 222 Å². The summed E-state index contributed by atoms with van der Waals surface area (Å²) in [5, 5.41) is 15.1. The van der Waals surface area contributed by atoms with Crippen LogP contribution in [-0.2, 0) is 46.5 Å². The first-order valence-electron chi connectivity index (χ1n) is 11.0. The highest BCUT2D eigenvalue weighted by molar-refractivity contribution is 6.42. The number of methoxy groups -OCH3 is 2. The molecular weight excluding hydrogens is 529 g/mol. The van der Waals surface area contributed by atoms with Crippen LogP contribution in [0.1, 0.15) is 31.2 Å². The molecule has 0 aliphatic carbocycles. The smallest absolute Gasteiger partial charge is 0.336 e. The Balaban J connectivity index is 1.98. The van der Waals surface area contributed by atoms with E-state index in [4.69, 9.17) is 37.4 Å². The zero-order chi connectivity index (χ0) is 27.1. The van der Waals surface area contributed by atoms with Crippen LogP contribution in [0.15, 0.2) is 40.7 Å².